The van der Waals surface area contributed by atoms with E-state index in [1.54, 1.807) is 10.9 Å². The topological polar surface area (TPSA) is 94.1 Å². The van der Waals surface area contributed by atoms with E-state index in [0.717, 1.165) is 24.8 Å². The first kappa shape index (κ1) is 15.8. The van der Waals surface area contributed by atoms with E-state index in [9.17, 15) is 9.59 Å². The Morgan fingerprint density at radius 2 is 2.04 bits per heavy atom. The van der Waals surface area contributed by atoms with Crippen molar-refractivity contribution in [3.8, 4) is 0 Å². The summed E-state index contributed by atoms with van der Waals surface area (Å²) in [4.78, 5) is 26.2. The largest absolute Gasteiger partial charge is 0.364 e. The molecule has 2 amide bonds. The molecule has 4 rings (SSSR count). The summed E-state index contributed by atoms with van der Waals surface area (Å²) in [6, 6.07) is 8.30. The number of hydrogen-bond acceptors (Lipinski definition) is 4. The fourth-order valence-corrected chi connectivity index (χ4v) is 3.97. The van der Waals surface area contributed by atoms with Gasteiger partial charge in [0.15, 0.2) is 5.69 Å². The lowest BCUT2D eigenvalue weighted by Crippen LogP contribution is -2.57. The molecule has 2 N–H and O–H groups in total. The number of aromatic nitrogens is 3. The third-order valence-corrected chi connectivity index (χ3v) is 5.49. The molecule has 130 valence electrons. The van der Waals surface area contributed by atoms with E-state index < -0.39 is 11.3 Å². The van der Waals surface area contributed by atoms with Crippen molar-refractivity contribution < 1.29 is 9.59 Å². The highest BCUT2D eigenvalue weighted by Gasteiger charge is 2.45. The molecule has 0 radical (unpaired) electrons. The van der Waals surface area contributed by atoms with Gasteiger partial charge in [-0.05, 0) is 37.3 Å². The van der Waals surface area contributed by atoms with Crippen LogP contribution in [0.4, 0.5) is 0 Å². The van der Waals surface area contributed by atoms with Crippen molar-refractivity contribution in [2.24, 2.45) is 5.73 Å². The van der Waals surface area contributed by atoms with Crippen molar-refractivity contribution in [2.75, 3.05) is 13.1 Å². The van der Waals surface area contributed by atoms with Crippen LogP contribution in [-0.2, 0) is 16.6 Å². The van der Waals surface area contributed by atoms with Crippen LogP contribution >= 0.6 is 0 Å². The summed E-state index contributed by atoms with van der Waals surface area (Å²) in [5, 5.41) is 7.70. The van der Waals surface area contributed by atoms with Gasteiger partial charge in [0.25, 0.3) is 5.91 Å². The molecule has 1 aromatic carbocycles. The molecule has 7 heteroatoms. The predicted molar refractivity (Wildman–Crippen MR) is 90.9 cm³/mol. The van der Waals surface area contributed by atoms with Gasteiger partial charge < -0.3 is 10.6 Å². The number of benzene rings is 1. The van der Waals surface area contributed by atoms with Crippen LogP contribution in [0.15, 0.2) is 30.5 Å². The minimum Gasteiger partial charge on any atom is -0.364 e. The van der Waals surface area contributed by atoms with Crippen molar-refractivity contribution in [1.29, 1.82) is 0 Å². The highest BCUT2D eigenvalue weighted by atomic mass is 16.2. The number of nitrogens with zero attached hydrogens (tertiary/aromatic N) is 4. The summed E-state index contributed by atoms with van der Waals surface area (Å²) >= 11 is 0. The third-order valence-electron chi connectivity index (χ3n) is 5.49. The number of carbonyl (C=O) groups is 2. The Balaban J connectivity index is 1.49. The molecule has 25 heavy (non-hydrogen) atoms. The predicted octanol–water partition coefficient (Wildman–Crippen LogP) is 1.05. The Bertz CT molecular complexity index is 839. The van der Waals surface area contributed by atoms with Crippen LogP contribution in [-0.4, -0.2) is 44.8 Å². The quantitative estimate of drug-likeness (QED) is 0.904. The Morgan fingerprint density at radius 3 is 2.76 bits per heavy atom. The molecule has 2 aromatic rings. The molecule has 0 spiro atoms. The summed E-state index contributed by atoms with van der Waals surface area (Å²) in [6.07, 6.45) is 4.49. The summed E-state index contributed by atoms with van der Waals surface area (Å²) in [5.41, 5.74) is 7.34. The highest BCUT2D eigenvalue weighted by molar-refractivity contribution is 5.90. The Labute approximate surface area is 145 Å². The minimum atomic E-state index is -0.593. The Morgan fingerprint density at radius 1 is 1.28 bits per heavy atom. The summed E-state index contributed by atoms with van der Waals surface area (Å²) in [7, 11) is 0. The van der Waals surface area contributed by atoms with Gasteiger partial charge >= 0.3 is 0 Å². The second-order valence-corrected chi connectivity index (χ2v) is 7.15. The van der Waals surface area contributed by atoms with E-state index in [2.05, 4.69) is 29.4 Å². The van der Waals surface area contributed by atoms with Gasteiger partial charge in [-0.2, -0.15) is 0 Å². The van der Waals surface area contributed by atoms with Crippen LogP contribution in [0.25, 0.3) is 0 Å². The molecule has 1 saturated heterocycles. The summed E-state index contributed by atoms with van der Waals surface area (Å²) in [6.45, 7) is 3.22. The molecule has 1 aliphatic heterocycles. The van der Waals surface area contributed by atoms with Crippen LogP contribution in [0.3, 0.4) is 0 Å². The van der Waals surface area contributed by atoms with Gasteiger partial charge in [0, 0.05) is 13.1 Å². The number of aryl methyl sites for hydroxylation is 1. The maximum Gasteiger partial charge on any atom is 0.270 e. The van der Waals surface area contributed by atoms with Gasteiger partial charge in [-0.1, -0.05) is 29.5 Å². The van der Waals surface area contributed by atoms with Gasteiger partial charge in [0.05, 0.1) is 17.7 Å². The number of fused-ring (bicyclic) bond motifs is 1. The second-order valence-electron chi connectivity index (χ2n) is 7.15. The van der Waals surface area contributed by atoms with Crippen molar-refractivity contribution in [1.82, 2.24) is 19.9 Å². The zero-order valence-corrected chi connectivity index (χ0v) is 14.2. The molecule has 1 fully saturated rings. The Hall–Kier alpha value is -2.70. The molecule has 1 atom stereocenters. The number of hydrogen-bond donors (Lipinski definition) is 1. The monoisotopic (exact) mass is 339 g/mol. The average molecular weight is 339 g/mol. The number of primary amides is 1. The van der Waals surface area contributed by atoms with E-state index in [0.29, 0.717) is 13.1 Å². The molecule has 2 heterocycles. The smallest absolute Gasteiger partial charge is 0.270 e. The second kappa shape index (κ2) is 5.68. The number of likely N-dealkylation sites (tertiary alicyclic amines) is 1. The van der Waals surface area contributed by atoms with Crippen LogP contribution < -0.4 is 5.73 Å². The van der Waals surface area contributed by atoms with E-state index >= 15 is 0 Å². The van der Waals surface area contributed by atoms with Crippen LogP contribution in [0.1, 0.15) is 47.4 Å². The lowest BCUT2D eigenvalue weighted by atomic mass is 9.70. The lowest BCUT2D eigenvalue weighted by molar-refractivity contribution is -0.143. The van der Waals surface area contributed by atoms with Crippen molar-refractivity contribution in [3.05, 3.63) is 47.3 Å². The summed E-state index contributed by atoms with van der Waals surface area (Å²) < 4.78 is 1.63. The lowest BCUT2D eigenvalue weighted by Gasteiger charge is -2.45. The fraction of sp³-hybridized carbons (Fsp3) is 0.444. The van der Waals surface area contributed by atoms with E-state index in [1.807, 2.05) is 17.0 Å². The molecular weight excluding hydrogens is 318 g/mol. The average Bonchev–Trinajstić information content (AvgIpc) is 3.04. The zero-order chi connectivity index (χ0) is 17.6. The standard InChI is InChI=1S/C18H21N5O2/c1-18(8-4-6-12-5-2-3-7-14(12)18)17(25)22-9-13(10-22)23-11-15(16(19)24)20-21-23/h2-3,5,7,11,13H,4,6,8-10H2,1H3,(H2,19,24). The number of nitrogens with two attached hydrogens (primary N) is 1. The molecule has 2 aliphatic rings. The zero-order valence-electron chi connectivity index (χ0n) is 14.2. The maximum absolute atomic E-state index is 13.2. The highest BCUT2D eigenvalue weighted by Crippen LogP contribution is 2.40. The first-order valence-corrected chi connectivity index (χ1v) is 8.58. The van der Waals surface area contributed by atoms with Gasteiger partial charge in [0.1, 0.15) is 0 Å². The SMILES string of the molecule is CC1(C(=O)N2CC(n3cc(C(N)=O)nn3)C2)CCCc2ccccc21. The molecule has 0 saturated carbocycles. The van der Waals surface area contributed by atoms with E-state index in [4.69, 9.17) is 5.73 Å². The van der Waals surface area contributed by atoms with Crippen molar-refractivity contribution in [3.63, 3.8) is 0 Å². The van der Waals surface area contributed by atoms with Gasteiger partial charge in [-0.15, -0.1) is 5.10 Å². The van der Waals surface area contributed by atoms with E-state index in [1.165, 1.54) is 5.56 Å². The molecule has 1 aliphatic carbocycles. The van der Waals surface area contributed by atoms with E-state index in [-0.39, 0.29) is 17.6 Å². The summed E-state index contributed by atoms with van der Waals surface area (Å²) in [5.74, 6) is -0.420. The molecule has 7 nitrogen and oxygen atoms in total. The van der Waals surface area contributed by atoms with Gasteiger partial charge in [-0.25, -0.2) is 4.68 Å². The van der Waals surface area contributed by atoms with Crippen molar-refractivity contribution >= 4 is 11.8 Å². The third kappa shape index (κ3) is 2.50. The van der Waals surface area contributed by atoms with Gasteiger partial charge in [-0.3, -0.25) is 9.59 Å². The molecule has 0 bridgehead atoms. The first-order valence-electron chi connectivity index (χ1n) is 8.58. The number of carbonyl (C=O) groups excluding carboxylic acids is 2. The van der Waals surface area contributed by atoms with Crippen molar-refractivity contribution in [2.45, 2.75) is 37.6 Å². The Kier molecular flexibility index (Phi) is 3.59. The maximum atomic E-state index is 13.2. The number of rotatable bonds is 3. The minimum absolute atomic E-state index is 0.0481. The van der Waals surface area contributed by atoms with Crippen LogP contribution in [0.5, 0.6) is 0 Å². The first-order chi connectivity index (χ1) is 12.0. The molecule has 1 aromatic heterocycles. The fourth-order valence-electron chi connectivity index (χ4n) is 3.97. The number of amides is 2. The van der Waals surface area contributed by atoms with Crippen LogP contribution in [0, 0.1) is 0 Å². The molecular formula is C18H21N5O2. The van der Waals surface area contributed by atoms with Gasteiger partial charge in [0.2, 0.25) is 5.91 Å². The normalized spacial score (nSPS) is 23.0. The van der Waals surface area contributed by atoms with Crippen LogP contribution in [0.2, 0.25) is 0 Å². The molecule has 1 unspecified atom stereocenters.